The molecule has 2 amide bonds. The first-order valence-corrected chi connectivity index (χ1v) is 8.15. The molecule has 8 heteroatoms. The van der Waals surface area contributed by atoms with Gasteiger partial charge in [-0.1, -0.05) is 23.2 Å². The van der Waals surface area contributed by atoms with Crippen molar-refractivity contribution in [2.75, 3.05) is 7.11 Å². The molecule has 2 aromatic carbocycles. The fourth-order valence-corrected chi connectivity index (χ4v) is 3.07. The average molecular weight is 465 g/mol. The van der Waals surface area contributed by atoms with Gasteiger partial charge in [-0.05, 0) is 59.0 Å². The molecule has 2 N–H and O–H groups in total. The molecule has 0 atom stereocenters. The maximum absolute atomic E-state index is 12.2. The normalized spacial score (nSPS) is 10.1. The van der Waals surface area contributed by atoms with Crippen LogP contribution in [0.1, 0.15) is 20.7 Å². The number of hydrogen-bond acceptors (Lipinski definition) is 3. The van der Waals surface area contributed by atoms with Crippen molar-refractivity contribution in [2.45, 2.75) is 0 Å². The van der Waals surface area contributed by atoms with Gasteiger partial charge in [0.2, 0.25) is 0 Å². The van der Waals surface area contributed by atoms with Gasteiger partial charge in [0.05, 0.1) is 18.2 Å². The molecule has 0 fully saturated rings. The molecule has 23 heavy (non-hydrogen) atoms. The van der Waals surface area contributed by atoms with Crippen LogP contribution < -0.4 is 15.6 Å². The summed E-state index contributed by atoms with van der Waals surface area (Å²) in [4.78, 5) is 24.3. The third-order valence-corrected chi connectivity index (χ3v) is 4.23. The lowest BCUT2D eigenvalue weighted by Gasteiger charge is -2.11. The molecule has 0 bridgehead atoms. The monoisotopic (exact) mass is 464 g/mol. The Bertz CT molecular complexity index is 768. The summed E-state index contributed by atoms with van der Waals surface area (Å²) in [6, 6.07) is 9.45. The molecule has 0 spiro atoms. The van der Waals surface area contributed by atoms with Gasteiger partial charge in [0, 0.05) is 13.6 Å². The topological polar surface area (TPSA) is 67.4 Å². The lowest BCUT2D eigenvalue weighted by atomic mass is 10.2. The molecular weight excluding hydrogens is 454 g/mol. The fourth-order valence-electron chi connectivity index (χ4n) is 1.78. The largest absolute Gasteiger partial charge is 0.496 e. The first-order chi connectivity index (χ1) is 10.9. The number of hydrogen-bond donors (Lipinski definition) is 2. The van der Waals surface area contributed by atoms with Crippen molar-refractivity contribution in [2.24, 2.45) is 0 Å². The van der Waals surface area contributed by atoms with Crippen molar-refractivity contribution in [1.29, 1.82) is 0 Å². The van der Waals surface area contributed by atoms with E-state index in [0.29, 0.717) is 24.9 Å². The zero-order valence-electron chi connectivity index (χ0n) is 11.8. The Balaban J connectivity index is 2.10. The minimum absolute atomic E-state index is 0.214. The summed E-state index contributed by atoms with van der Waals surface area (Å²) in [5, 5.41) is 0.910. The zero-order valence-corrected chi connectivity index (χ0v) is 15.5. The number of carbonyl (C=O) groups excluding carboxylic acids is 2. The summed E-state index contributed by atoms with van der Waals surface area (Å²) in [7, 11) is 1.44. The minimum atomic E-state index is -0.540. The van der Waals surface area contributed by atoms with Gasteiger partial charge in [-0.15, -0.1) is 0 Å². The Hall–Kier alpha value is -1.51. The lowest BCUT2D eigenvalue weighted by Crippen LogP contribution is -2.42. The molecule has 0 aliphatic rings. The summed E-state index contributed by atoms with van der Waals surface area (Å²) in [6.07, 6.45) is 0. The van der Waals surface area contributed by atoms with E-state index in [1.54, 1.807) is 30.3 Å². The van der Waals surface area contributed by atoms with Crippen molar-refractivity contribution in [3.8, 4) is 5.75 Å². The molecule has 0 unspecified atom stereocenters. The number of amides is 2. The van der Waals surface area contributed by atoms with Gasteiger partial charge in [-0.2, -0.15) is 0 Å². The minimum Gasteiger partial charge on any atom is -0.496 e. The number of halogens is 3. The van der Waals surface area contributed by atoms with Crippen molar-refractivity contribution >= 4 is 57.6 Å². The molecule has 120 valence electrons. The Morgan fingerprint density at radius 1 is 0.957 bits per heavy atom. The van der Waals surface area contributed by atoms with E-state index in [0.717, 1.165) is 0 Å². The van der Waals surface area contributed by atoms with E-state index < -0.39 is 11.8 Å². The molecule has 0 radical (unpaired) electrons. The smallest absolute Gasteiger partial charge is 0.273 e. The highest BCUT2D eigenvalue weighted by atomic mass is 127. The maximum atomic E-state index is 12.2. The van der Waals surface area contributed by atoms with Crippen molar-refractivity contribution in [3.63, 3.8) is 0 Å². The molecule has 0 aromatic heterocycles. The van der Waals surface area contributed by atoms with Crippen molar-refractivity contribution in [3.05, 3.63) is 61.1 Å². The molecule has 5 nitrogen and oxygen atoms in total. The molecule has 0 saturated carbocycles. The van der Waals surface area contributed by atoms with Gasteiger partial charge in [0.15, 0.2) is 0 Å². The van der Waals surface area contributed by atoms with Crippen LogP contribution in [0, 0.1) is 3.57 Å². The van der Waals surface area contributed by atoms with Gasteiger partial charge in [-0.3, -0.25) is 20.4 Å². The predicted octanol–water partition coefficient (Wildman–Crippen LogP) is 3.68. The van der Waals surface area contributed by atoms with E-state index >= 15 is 0 Å². The van der Waals surface area contributed by atoms with Crippen LogP contribution in [0.4, 0.5) is 0 Å². The molecule has 0 aliphatic heterocycles. The second-order valence-corrected chi connectivity index (χ2v) is 6.41. The third-order valence-electron chi connectivity index (χ3n) is 2.87. The van der Waals surface area contributed by atoms with Gasteiger partial charge in [0.25, 0.3) is 11.8 Å². The number of ether oxygens (including phenoxy) is 1. The molecule has 0 saturated heterocycles. The molecule has 0 aliphatic carbocycles. The first kappa shape index (κ1) is 17.8. The highest BCUT2D eigenvalue weighted by Crippen LogP contribution is 2.22. The Labute approximate surface area is 156 Å². The van der Waals surface area contributed by atoms with Crippen molar-refractivity contribution in [1.82, 2.24) is 10.9 Å². The van der Waals surface area contributed by atoms with Gasteiger partial charge < -0.3 is 4.74 Å². The summed E-state index contributed by atoms with van der Waals surface area (Å²) in [6.45, 7) is 0. The summed E-state index contributed by atoms with van der Waals surface area (Å²) < 4.78 is 5.77. The number of carbonyl (C=O) groups is 2. The second-order valence-electron chi connectivity index (χ2n) is 4.38. The Kier molecular flexibility index (Phi) is 6.09. The van der Waals surface area contributed by atoms with Crippen LogP contribution in [0.15, 0.2) is 36.4 Å². The first-order valence-electron chi connectivity index (χ1n) is 6.31. The van der Waals surface area contributed by atoms with Crippen LogP contribution >= 0.6 is 45.8 Å². The number of benzene rings is 2. The van der Waals surface area contributed by atoms with Crippen LogP contribution in [0.5, 0.6) is 5.75 Å². The van der Waals surface area contributed by atoms with Crippen LogP contribution in [-0.2, 0) is 0 Å². The standard InChI is InChI=1S/C15H11Cl2IN2O3/c1-23-13-5-3-8(16)6-11(13)15(22)20-19-14(21)10-4-2-9(17)7-12(10)18/h2-7H,1H3,(H,19,21)(H,20,22). The maximum Gasteiger partial charge on any atom is 0.273 e. The van der Waals surface area contributed by atoms with E-state index in [4.69, 9.17) is 27.9 Å². The summed E-state index contributed by atoms with van der Waals surface area (Å²) >= 11 is 13.7. The van der Waals surface area contributed by atoms with Gasteiger partial charge in [-0.25, -0.2) is 0 Å². The molecule has 2 rings (SSSR count). The number of nitrogens with one attached hydrogen (secondary N) is 2. The third kappa shape index (κ3) is 4.49. The lowest BCUT2D eigenvalue weighted by molar-refractivity contribution is 0.0844. The highest BCUT2D eigenvalue weighted by Gasteiger charge is 2.15. The highest BCUT2D eigenvalue weighted by molar-refractivity contribution is 14.1. The SMILES string of the molecule is COc1ccc(Cl)cc1C(=O)NNC(=O)c1ccc(Cl)cc1I. The van der Waals surface area contributed by atoms with E-state index in [-0.39, 0.29) is 5.56 Å². The predicted molar refractivity (Wildman–Crippen MR) is 97.1 cm³/mol. The molecule has 2 aromatic rings. The van der Waals surface area contributed by atoms with E-state index in [2.05, 4.69) is 10.9 Å². The Morgan fingerprint density at radius 3 is 2.13 bits per heavy atom. The number of rotatable bonds is 3. The molecular formula is C15H11Cl2IN2O3. The van der Waals surface area contributed by atoms with E-state index in [1.165, 1.54) is 13.2 Å². The fraction of sp³-hybridized carbons (Fsp3) is 0.0667. The summed E-state index contributed by atoms with van der Waals surface area (Å²) in [5.41, 5.74) is 5.28. The van der Waals surface area contributed by atoms with E-state index in [1.807, 2.05) is 22.6 Å². The quantitative estimate of drug-likeness (QED) is 0.537. The number of hydrazine groups is 1. The van der Waals surface area contributed by atoms with Gasteiger partial charge >= 0.3 is 0 Å². The van der Waals surface area contributed by atoms with Crippen LogP contribution in [0.25, 0.3) is 0 Å². The van der Waals surface area contributed by atoms with E-state index in [9.17, 15) is 9.59 Å². The summed E-state index contributed by atoms with van der Waals surface area (Å²) in [5.74, 6) is -0.649. The molecule has 0 heterocycles. The van der Waals surface area contributed by atoms with Crippen LogP contribution in [0.2, 0.25) is 10.0 Å². The zero-order chi connectivity index (χ0) is 17.0. The number of methoxy groups -OCH3 is 1. The van der Waals surface area contributed by atoms with Gasteiger partial charge in [0.1, 0.15) is 5.75 Å². The average Bonchev–Trinajstić information content (AvgIpc) is 2.52. The van der Waals surface area contributed by atoms with Crippen molar-refractivity contribution < 1.29 is 14.3 Å². The van der Waals surface area contributed by atoms with Crippen LogP contribution in [0.3, 0.4) is 0 Å². The Morgan fingerprint density at radius 2 is 1.52 bits per heavy atom. The second kappa shape index (κ2) is 7.85. The van der Waals surface area contributed by atoms with Crippen LogP contribution in [-0.4, -0.2) is 18.9 Å².